The highest BCUT2D eigenvalue weighted by molar-refractivity contribution is 4.94. The van der Waals surface area contributed by atoms with Crippen molar-refractivity contribution in [1.29, 1.82) is 0 Å². The van der Waals surface area contributed by atoms with Crippen molar-refractivity contribution < 1.29 is 9.47 Å². The van der Waals surface area contributed by atoms with E-state index in [2.05, 4.69) is 13.8 Å². The number of hydrogen-bond acceptors (Lipinski definition) is 3. The van der Waals surface area contributed by atoms with E-state index >= 15 is 0 Å². The van der Waals surface area contributed by atoms with Gasteiger partial charge in [-0.15, -0.1) is 0 Å². The van der Waals surface area contributed by atoms with E-state index in [1.54, 1.807) is 7.11 Å². The van der Waals surface area contributed by atoms with Gasteiger partial charge < -0.3 is 15.2 Å². The van der Waals surface area contributed by atoms with Crippen LogP contribution in [0.15, 0.2) is 0 Å². The molecule has 1 saturated carbocycles. The molecule has 3 nitrogen and oxygen atoms in total. The Morgan fingerprint density at radius 2 is 2.14 bits per heavy atom. The van der Waals surface area contributed by atoms with Crippen LogP contribution in [0.3, 0.4) is 0 Å². The molecule has 1 rings (SSSR count). The number of ether oxygens (including phenoxy) is 2. The highest BCUT2D eigenvalue weighted by atomic mass is 16.5. The third-order valence-electron chi connectivity index (χ3n) is 2.82. The molecule has 3 heteroatoms. The molecule has 0 saturated heterocycles. The molecule has 0 bridgehead atoms. The maximum atomic E-state index is 5.77. The molecule has 0 spiro atoms. The molecule has 2 N–H and O–H groups in total. The normalized spacial score (nSPS) is 31.9. The van der Waals surface area contributed by atoms with Crippen molar-refractivity contribution >= 4 is 0 Å². The molecule has 1 fully saturated rings. The summed E-state index contributed by atoms with van der Waals surface area (Å²) in [4.78, 5) is 0. The van der Waals surface area contributed by atoms with E-state index in [0.29, 0.717) is 0 Å². The van der Waals surface area contributed by atoms with Crippen molar-refractivity contribution in [3.8, 4) is 0 Å². The van der Waals surface area contributed by atoms with E-state index < -0.39 is 0 Å². The van der Waals surface area contributed by atoms with E-state index in [1.807, 2.05) is 0 Å². The summed E-state index contributed by atoms with van der Waals surface area (Å²) in [5, 5.41) is 0. The fraction of sp³-hybridized carbons (Fsp3) is 1.00. The number of methoxy groups -OCH3 is 1. The van der Waals surface area contributed by atoms with Crippen molar-refractivity contribution in [2.24, 2.45) is 11.7 Å². The molecule has 0 aromatic heterocycles. The first-order valence-corrected chi connectivity index (χ1v) is 5.55. The first-order chi connectivity index (χ1) is 6.65. The predicted octanol–water partition coefficient (Wildman–Crippen LogP) is 1.55. The second-order valence-electron chi connectivity index (χ2n) is 4.55. The monoisotopic (exact) mass is 201 g/mol. The number of hydrogen-bond donors (Lipinski definition) is 1. The summed E-state index contributed by atoms with van der Waals surface area (Å²) in [6.45, 7) is 5.31. The SMILES string of the molecule is COC1C(N)CC1OCCCC(C)C. The lowest BCUT2D eigenvalue weighted by Gasteiger charge is -2.41. The Morgan fingerprint density at radius 3 is 2.64 bits per heavy atom. The van der Waals surface area contributed by atoms with Crippen molar-refractivity contribution in [1.82, 2.24) is 0 Å². The predicted molar refractivity (Wildman–Crippen MR) is 57.2 cm³/mol. The zero-order valence-corrected chi connectivity index (χ0v) is 9.53. The molecule has 0 heterocycles. The van der Waals surface area contributed by atoms with Gasteiger partial charge in [-0.1, -0.05) is 13.8 Å². The molecule has 3 unspecified atom stereocenters. The van der Waals surface area contributed by atoms with Crippen molar-refractivity contribution in [3.05, 3.63) is 0 Å². The van der Waals surface area contributed by atoms with Gasteiger partial charge in [0.15, 0.2) is 0 Å². The van der Waals surface area contributed by atoms with Gasteiger partial charge in [-0.25, -0.2) is 0 Å². The van der Waals surface area contributed by atoms with Crippen molar-refractivity contribution in [2.45, 2.75) is 51.4 Å². The van der Waals surface area contributed by atoms with Crippen LogP contribution in [-0.4, -0.2) is 32.0 Å². The molecule has 0 aromatic rings. The van der Waals surface area contributed by atoms with Gasteiger partial charge in [0.1, 0.15) is 0 Å². The highest BCUT2D eigenvalue weighted by Gasteiger charge is 2.39. The lowest BCUT2D eigenvalue weighted by atomic mass is 9.86. The minimum Gasteiger partial charge on any atom is -0.377 e. The molecule has 0 amide bonds. The maximum absolute atomic E-state index is 5.77. The Kier molecular flexibility index (Phi) is 4.85. The third kappa shape index (κ3) is 3.23. The lowest BCUT2D eigenvalue weighted by molar-refractivity contribution is -0.126. The molecule has 0 radical (unpaired) electrons. The fourth-order valence-corrected chi connectivity index (χ4v) is 1.83. The zero-order valence-electron chi connectivity index (χ0n) is 9.53. The first kappa shape index (κ1) is 12.0. The van der Waals surface area contributed by atoms with E-state index in [0.717, 1.165) is 25.4 Å². The van der Waals surface area contributed by atoms with Gasteiger partial charge in [0, 0.05) is 19.8 Å². The average molecular weight is 201 g/mol. The summed E-state index contributed by atoms with van der Waals surface area (Å²) in [5.74, 6) is 0.764. The number of rotatable bonds is 6. The van der Waals surface area contributed by atoms with Crippen molar-refractivity contribution in [2.75, 3.05) is 13.7 Å². The molecule has 0 aliphatic heterocycles. The molecular weight excluding hydrogens is 178 g/mol. The first-order valence-electron chi connectivity index (χ1n) is 5.55. The maximum Gasteiger partial charge on any atom is 0.0984 e. The van der Waals surface area contributed by atoms with Crippen molar-refractivity contribution in [3.63, 3.8) is 0 Å². The fourth-order valence-electron chi connectivity index (χ4n) is 1.83. The minimum absolute atomic E-state index is 0.119. The molecule has 3 atom stereocenters. The van der Waals surface area contributed by atoms with E-state index in [4.69, 9.17) is 15.2 Å². The van der Waals surface area contributed by atoms with Gasteiger partial charge in [0.05, 0.1) is 12.2 Å². The Morgan fingerprint density at radius 1 is 1.43 bits per heavy atom. The van der Waals surface area contributed by atoms with Gasteiger partial charge in [0.2, 0.25) is 0 Å². The summed E-state index contributed by atoms with van der Waals surface area (Å²) in [7, 11) is 1.70. The third-order valence-corrected chi connectivity index (χ3v) is 2.82. The Balaban J connectivity index is 2.02. The van der Waals surface area contributed by atoms with Crippen LogP contribution in [0, 0.1) is 5.92 Å². The van der Waals surface area contributed by atoms with Crippen LogP contribution >= 0.6 is 0 Å². The van der Waals surface area contributed by atoms with Crippen LogP contribution in [-0.2, 0) is 9.47 Å². The van der Waals surface area contributed by atoms with Gasteiger partial charge >= 0.3 is 0 Å². The second kappa shape index (κ2) is 5.69. The van der Waals surface area contributed by atoms with Crippen LogP contribution in [0.25, 0.3) is 0 Å². The smallest absolute Gasteiger partial charge is 0.0984 e. The van der Waals surface area contributed by atoms with Crippen LogP contribution < -0.4 is 5.73 Å². The Labute approximate surface area is 86.9 Å². The van der Waals surface area contributed by atoms with Gasteiger partial charge in [0.25, 0.3) is 0 Å². The van der Waals surface area contributed by atoms with Crippen LogP contribution in [0.5, 0.6) is 0 Å². The molecule has 1 aliphatic carbocycles. The summed E-state index contributed by atoms with van der Waals surface area (Å²) in [5.41, 5.74) is 5.77. The summed E-state index contributed by atoms with van der Waals surface area (Å²) < 4.78 is 10.9. The van der Waals surface area contributed by atoms with Gasteiger partial charge in [-0.3, -0.25) is 0 Å². The summed E-state index contributed by atoms with van der Waals surface area (Å²) in [6, 6.07) is 0.176. The Hall–Kier alpha value is -0.120. The quantitative estimate of drug-likeness (QED) is 0.663. The molecule has 14 heavy (non-hydrogen) atoms. The van der Waals surface area contributed by atoms with E-state index in [1.165, 1.54) is 6.42 Å². The molecular formula is C11H23NO2. The minimum atomic E-state index is 0.119. The average Bonchev–Trinajstić information content (AvgIpc) is 2.10. The largest absolute Gasteiger partial charge is 0.377 e. The van der Waals surface area contributed by atoms with Crippen LogP contribution in [0.2, 0.25) is 0 Å². The topological polar surface area (TPSA) is 44.5 Å². The second-order valence-corrected chi connectivity index (χ2v) is 4.55. The van der Waals surface area contributed by atoms with Crippen LogP contribution in [0.4, 0.5) is 0 Å². The zero-order chi connectivity index (χ0) is 10.6. The van der Waals surface area contributed by atoms with Crippen LogP contribution in [0.1, 0.15) is 33.1 Å². The Bertz CT molecular complexity index is 161. The highest BCUT2D eigenvalue weighted by Crippen LogP contribution is 2.25. The standard InChI is InChI=1S/C11H23NO2/c1-8(2)5-4-6-14-10-7-9(12)11(10)13-3/h8-11H,4-7,12H2,1-3H3. The lowest BCUT2D eigenvalue weighted by Crippen LogP contribution is -2.57. The summed E-state index contributed by atoms with van der Waals surface area (Å²) in [6.07, 6.45) is 3.67. The molecule has 1 aliphatic rings. The van der Waals surface area contributed by atoms with Gasteiger partial charge in [-0.05, 0) is 25.2 Å². The van der Waals surface area contributed by atoms with E-state index in [-0.39, 0.29) is 18.2 Å². The number of nitrogens with two attached hydrogens (primary N) is 1. The molecule has 0 aromatic carbocycles. The van der Waals surface area contributed by atoms with E-state index in [9.17, 15) is 0 Å². The van der Waals surface area contributed by atoms with Gasteiger partial charge in [-0.2, -0.15) is 0 Å². The summed E-state index contributed by atoms with van der Waals surface area (Å²) >= 11 is 0. The molecule has 84 valence electrons.